The van der Waals surface area contributed by atoms with Crippen molar-refractivity contribution in [1.29, 1.82) is 0 Å². The molecule has 0 saturated heterocycles. The molecule has 1 aliphatic carbocycles. The highest BCUT2D eigenvalue weighted by Crippen LogP contribution is 2.28. The van der Waals surface area contributed by atoms with Gasteiger partial charge in [-0.15, -0.1) is 0 Å². The summed E-state index contributed by atoms with van der Waals surface area (Å²) in [5.74, 6) is 1.70. The molecule has 1 aliphatic rings. The van der Waals surface area contributed by atoms with Gasteiger partial charge in [-0.2, -0.15) is 4.37 Å². The average molecular weight is 226 g/mol. The average Bonchev–Trinajstić information content (AvgIpc) is 2.63. The van der Waals surface area contributed by atoms with Crippen LogP contribution in [0.2, 0.25) is 0 Å². The minimum atomic E-state index is 0.434. The second-order valence-electron chi connectivity index (χ2n) is 4.32. The van der Waals surface area contributed by atoms with Gasteiger partial charge in [-0.05, 0) is 18.8 Å². The fourth-order valence-corrected chi connectivity index (χ4v) is 2.66. The van der Waals surface area contributed by atoms with Gasteiger partial charge in [-0.3, -0.25) is 0 Å². The van der Waals surface area contributed by atoms with Gasteiger partial charge < -0.3 is 10.6 Å². The van der Waals surface area contributed by atoms with Crippen molar-refractivity contribution < 1.29 is 0 Å². The van der Waals surface area contributed by atoms with E-state index in [0.717, 1.165) is 42.7 Å². The molecule has 1 saturated carbocycles. The molecule has 0 bridgehead atoms. The van der Waals surface area contributed by atoms with E-state index in [1.807, 2.05) is 0 Å². The molecule has 0 aromatic carbocycles. The van der Waals surface area contributed by atoms with Gasteiger partial charge >= 0.3 is 0 Å². The predicted molar refractivity (Wildman–Crippen MR) is 63.3 cm³/mol. The monoisotopic (exact) mass is 226 g/mol. The topological polar surface area (TPSA) is 55.0 Å². The van der Waals surface area contributed by atoms with Gasteiger partial charge in [0.05, 0.1) is 0 Å². The summed E-state index contributed by atoms with van der Waals surface area (Å²) in [4.78, 5) is 6.66. The van der Waals surface area contributed by atoms with E-state index in [2.05, 4.69) is 28.2 Å². The van der Waals surface area contributed by atoms with E-state index < -0.39 is 0 Å². The molecule has 2 N–H and O–H groups in total. The molecule has 1 aromatic rings. The van der Waals surface area contributed by atoms with Gasteiger partial charge in [0, 0.05) is 37.6 Å². The third-order valence-corrected chi connectivity index (χ3v) is 3.77. The number of nitrogens with two attached hydrogens (primary N) is 1. The first-order valence-electron chi connectivity index (χ1n) is 5.48. The number of nitrogens with zero attached hydrogens (tertiary/aromatic N) is 3. The van der Waals surface area contributed by atoms with Gasteiger partial charge in [0.25, 0.3) is 0 Å². The molecule has 0 atom stereocenters. The van der Waals surface area contributed by atoms with Crippen LogP contribution in [0.3, 0.4) is 0 Å². The Morgan fingerprint density at radius 1 is 1.53 bits per heavy atom. The molecule has 0 aliphatic heterocycles. The zero-order chi connectivity index (χ0) is 10.8. The Hall–Kier alpha value is -0.680. The number of rotatable bonds is 4. The van der Waals surface area contributed by atoms with Crippen molar-refractivity contribution in [2.45, 2.75) is 32.2 Å². The first-order valence-corrected chi connectivity index (χ1v) is 6.25. The Labute approximate surface area is 94.7 Å². The highest BCUT2D eigenvalue weighted by atomic mass is 32.1. The first kappa shape index (κ1) is 10.8. The minimum Gasteiger partial charge on any atom is -0.350 e. The summed E-state index contributed by atoms with van der Waals surface area (Å²) in [7, 11) is 2.09. The maximum absolute atomic E-state index is 5.77. The van der Waals surface area contributed by atoms with Crippen LogP contribution in [0.4, 0.5) is 5.13 Å². The molecule has 4 nitrogen and oxygen atoms in total. The highest BCUT2D eigenvalue weighted by molar-refractivity contribution is 7.09. The van der Waals surface area contributed by atoms with Crippen molar-refractivity contribution in [3.8, 4) is 0 Å². The lowest BCUT2D eigenvalue weighted by molar-refractivity contribution is 0.271. The van der Waals surface area contributed by atoms with Crippen LogP contribution >= 0.6 is 11.5 Å². The van der Waals surface area contributed by atoms with Crippen molar-refractivity contribution in [3.05, 3.63) is 5.82 Å². The Bertz CT molecular complexity index is 319. The summed E-state index contributed by atoms with van der Waals surface area (Å²) in [6.45, 7) is 3.14. The highest BCUT2D eigenvalue weighted by Gasteiger charge is 2.27. The molecular weight excluding hydrogens is 208 g/mol. The number of hydrogen-bond acceptors (Lipinski definition) is 5. The lowest BCUT2D eigenvalue weighted by Crippen LogP contribution is -2.41. The van der Waals surface area contributed by atoms with Crippen LogP contribution in [0.5, 0.6) is 0 Å². The maximum Gasteiger partial charge on any atom is 0.204 e. The Morgan fingerprint density at radius 2 is 2.27 bits per heavy atom. The van der Waals surface area contributed by atoms with E-state index in [1.165, 1.54) is 11.5 Å². The quantitative estimate of drug-likeness (QED) is 0.840. The third kappa shape index (κ3) is 2.46. The molecule has 2 rings (SSSR count). The smallest absolute Gasteiger partial charge is 0.204 e. The number of hydrogen-bond donors (Lipinski definition) is 1. The fourth-order valence-electron chi connectivity index (χ4n) is 1.95. The molecular formula is C10H18N4S. The summed E-state index contributed by atoms with van der Waals surface area (Å²) < 4.78 is 4.29. The zero-order valence-corrected chi connectivity index (χ0v) is 10.1. The first-order chi connectivity index (χ1) is 7.19. The van der Waals surface area contributed by atoms with E-state index in [4.69, 9.17) is 5.73 Å². The third-order valence-electron chi connectivity index (χ3n) is 2.90. The van der Waals surface area contributed by atoms with E-state index in [9.17, 15) is 0 Å². The van der Waals surface area contributed by atoms with Crippen molar-refractivity contribution in [2.75, 3.05) is 18.5 Å². The second kappa shape index (κ2) is 4.45. The zero-order valence-electron chi connectivity index (χ0n) is 9.31. The molecule has 1 aromatic heterocycles. The lowest BCUT2D eigenvalue weighted by atomic mass is 9.81. The lowest BCUT2D eigenvalue weighted by Gasteiger charge is -2.35. The molecule has 84 valence electrons. The standard InChI is InChI=1S/C10H18N4S/c1-3-9-12-10(15-13-9)14(2)6-7-4-8(11)5-7/h7-8H,3-6,11H2,1-2H3. The molecule has 0 amide bonds. The number of anilines is 1. The summed E-state index contributed by atoms with van der Waals surface area (Å²) in [5, 5.41) is 1.03. The number of aryl methyl sites for hydroxylation is 1. The summed E-state index contributed by atoms with van der Waals surface area (Å²) in [6, 6.07) is 0.434. The largest absolute Gasteiger partial charge is 0.350 e. The summed E-state index contributed by atoms with van der Waals surface area (Å²) in [6.07, 6.45) is 3.23. The predicted octanol–water partition coefficient (Wildman–Crippen LogP) is 1.27. The molecule has 0 spiro atoms. The molecule has 0 unspecified atom stereocenters. The van der Waals surface area contributed by atoms with Crippen LogP contribution in [-0.2, 0) is 6.42 Å². The Balaban J connectivity index is 1.87. The molecule has 5 heteroatoms. The van der Waals surface area contributed by atoms with E-state index in [-0.39, 0.29) is 0 Å². The SMILES string of the molecule is CCc1nsc(N(C)CC2CC(N)C2)n1. The number of aromatic nitrogens is 2. The molecule has 15 heavy (non-hydrogen) atoms. The van der Waals surface area contributed by atoms with E-state index >= 15 is 0 Å². The van der Waals surface area contributed by atoms with Crippen molar-refractivity contribution in [2.24, 2.45) is 11.7 Å². The minimum absolute atomic E-state index is 0.434. The summed E-state index contributed by atoms with van der Waals surface area (Å²) in [5.41, 5.74) is 5.77. The second-order valence-corrected chi connectivity index (χ2v) is 5.06. The Kier molecular flexibility index (Phi) is 3.21. The van der Waals surface area contributed by atoms with Crippen LogP contribution in [0.25, 0.3) is 0 Å². The van der Waals surface area contributed by atoms with Crippen LogP contribution < -0.4 is 10.6 Å². The van der Waals surface area contributed by atoms with Gasteiger partial charge in [0.2, 0.25) is 5.13 Å². The molecule has 1 heterocycles. The van der Waals surface area contributed by atoms with Gasteiger partial charge in [0.15, 0.2) is 0 Å². The van der Waals surface area contributed by atoms with Crippen LogP contribution in [0, 0.1) is 5.92 Å². The normalized spacial score (nSPS) is 25.0. The van der Waals surface area contributed by atoms with Gasteiger partial charge in [0.1, 0.15) is 5.82 Å². The molecule has 1 fully saturated rings. The molecule has 0 radical (unpaired) electrons. The van der Waals surface area contributed by atoms with Crippen molar-refractivity contribution in [3.63, 3.8) is 0 Å². The van der Waals surface area contributed by atoms with Crippen LogP contribution in [0.15, 0.2) is 0 Å². The van der Waals surface area contributed by atoms with E-state index in [1.54, 1.807) is 0 Å². The van der Waals surface area contributed by atoms with E-state index in [0.29, 0.717) is 6.04 Å². The summed E-state index contributed by atoms with van der Waals surface area (Å²) >= 11 is 1.49. The van der Waals surface area contributed by atoms with Crippen molar-refractivity contribution in [1.82, 2.24) is 9.36 Å². The van der Waals surface area contributed by atoms with Crippen LogP contribution in [0.1, 0.15) is 25.6 Å². The maximum atomic E-state index is 5.77. The van der Waals surface area contributed by atoms with Gasteiger partial charge in [-0.1, -0.05) is 6.92 Å². The Morgan fingerprint density at radius 3 is 2.80 bits per heavy atom. The van der Waals surface area contributed by atoms with Crippen LogP contribution in [-0.4, -0.2) is 29.0 Å². The fraction of sp³-hybridized carbons (Fsp3) is 0.800. The van der Waals surface area contributed by atoms with Gasteiger partial charge in [-0.25, -0.2) is 4.98 Å². The van der Waals surface area contributed by atoms with Crippen molar-refractivity contribution >= 4 is 16.7 Å².